The van der Waals surface area contributed by atoms with Gasteiger partial charge in [-0.1, -0.05) is 6.07 Å². The van der Waals surface area contributed by atoms with E-state index in [4.69, 9.17) is 21.1 Å². The van der Waals surface area contributed by atoms with E-state index in [1.807, 2.05) is 30.1 Å². The van der Waals surface area contributed by atoms with Crippen molar-refractivity contribution < 1.29 is 9.47 Å². The standard InChI is InChI=1S/C15H21N7O2/c1-21-8-22(14-12(21)13(20-17)18-15(16)19-14)7-9-4-5-10(23-2)11(6-9)24-3/h4-6H,7-8,17H2,1-3H3,(H3,16,18,19,20). The predicted molar refractivity (Wildman–Crippen MR) is 93.3 cm³/mol. The van der Waals surface area contributed by atoms with Crippen molar-refractivity contribution in [3.8, 4) is 11.5 Å². The van der Waals surface area contributed by atoms with Gasteiger partial charge in [-0.25, -0.2) is 5.84 Å². The topological polar surface area (TPSA) is 115 Å². The lowest BCUT2D eigenvalue weighted by atomic mass is 10.2. The van der Waals surface area contributed by atoms with Gasteiger partial charge < -0.3 is 30.4 Å². The fourth-order valence-electron chi connectivity index (χ4n) is 2.85. The van der Waals surface area contributed by atoms with E-state index in [-0.39, 0.29) is 5.95 Å². The van der Waals surface area contributed by atoms with Crippen LogP contribution in [0.1, 0.15) is 5.56 Å². The number of nitrogens with one attached hydrogen (secondary N) is 1. The van der Waals surface area contributed by atoms with E-state index in [1.54, 1.807) is 14.2 Å². The Kier molecular flexibility index (Phi) is 4.17. The summed E-state index contributed by atoms with van der Waals surface area (Å²) in [5.74, 6) is 8.36. The van der Waals surface area contributed by atoms with Gasteiger partial charge in [0.05, 0.1) is 20.9 Å². The number of methoxy groups -OCH3 is 2. The number of hydrogen-bond donors (Lipinski definition) is 3. The zero-order chi connectivity index (χ0) is 17.3. The Hall–Kier alpha value is -2.94. The minimum Gasteiger partial charge on any atom is -0.493 e. The van der Waals surface area contributed by atoms with E-state index in [1.165, 1.54) is 0 Å². The number of fused-ring (bicyclic) bond motifs is 1. The molecule has 0 aliphatic carbocycles. The molecule has 0 bridgehead atoms. The molecule has 1 aromatic heterocycles. The molecule has 24 heavy (non-hydrogen) atoms. The first-order valence-electron chi connectivity index (χ1n) is 7.38. The lowest BCUT2D eigenvalue weighted by molar-refractivity contribution is 0.354. The highest BCUT2D eigenvalue weighted by Crippen LogP contribution is 2.39. The Morgan fingerprint density at radius 2 is 1.96 bits per heavy atom. The average molecular weight is 331 g/mol. The number of benzene rings is 1. The van der Waals surface area contributed by atoms with Crippen molar-refractivity contribution in [3.63, 3.8) is 0 Å². The van der Waals surface area contributed by atoms with Crippen LogP contribution in [-0.4, -0.2) is 37.9 Å². The Morgan fingerprint density at radius 3 is 2.62 bits per heavy atom. The molecule has 128 valence electrons. The quantitative estimate of drug-likeness (QED) is 0.540. The lowest BCUT2D eigenvalue weighted by Crippen LogP contribution is -2.28. The molecule has 0 fully saturated rings. The molecule has 0 atom stereocenters. The molecule has 0 saturated carbocycles. The van der Waals surface area contributed by atoms with Gasteiger partial charge in [-0.05, 0) is 17.7 Å². The molecule has 0 spiro atoms. The van der Waals surface area contributed by atoms with Gasteiger partial charge in [0.1, 0.15) is 5.69 Å². The summed E-state index contributed by atoms with van der Waals surface area (Å²) in [6, 6.07) is 5.82. The summed E-state index contributed by atoms with van der Waals surface area (Å²) in [6.45, 7) is 1.29. The Morgan fingerprint density at radius 1 is 1.21 bits per heavy atom. The van der Waals surface area contributed by atoms with E-state index in [0.717, 1.165) is 17.1 Å². The number of aromatic nitrogens is 2. The molecule has 2 aromatic rings. The molecular formula is C15H21N7O2. The molecule has 1 aromatic carbocycles. The number of hydrogen-bond acceptors (Lipinski definition) is 9. The van der Waals surface area contributed by atoms with E-state index in [9.17, 15) is 0 Å². The van der Waals surface area contributed by atoms with Gasteiger partial charge in [0.15, 0.2) is 23.1 Å². The van der Waals surface area contributed by atoms with Crippen molar-refractivity contribution in [2.45, 2.75) is 6.54 Å². The van der Waals surface area contributed by atoms with Crippen LogP contribution < -0.4 is 36.3 Å². The lowest BCUT2D eigenvalue weighted by Gasteiger charge is -2.19. The van der Waals surface area contributed by atoms with Gasteiger partial charge >= 0.3 is 0 Å². The van der Waals surface area contributed by atoms with Gasteiger partial charge in [-0.15, -0.1) is 0 Å². The first-order chi connectivity index (χ1) is 11.6. The zero-order valence-electron chi connectivity index (χ0n) is 13.9. The predicted octanol–water partition coefficient (Wildman–Crippen LogP) is 0.776. The van der Waals surface area contributed by atoms with Crippen LogP contribution in [0, 0.1) is 0 Å². The minimum absolute atomic E-state index is 0.175. The van der Waals surface area contributed by atoms with Crippen molar-refractivity contribution in [1.82, 2.24) is 9.97 Å². The Bertz CT molecular complexity index is 753. The van der Waals surface area contributed by atoms with Crippen LogP contribution >= 0.6 is 0 Å². The number of nitrogens with two attached hydrogens (primary N) is 2. The fraction of sp³-hybridized carbons (Fsp3) is 0.333. The van der Waals surface area contributed by atoms with E-state index in [2.05, 4.69) is 20.3 Å². The summed E-state index contributed by atoms with van der Waals surface area (Å²) in [5.41, 5.74) is 10.3. The number of hydrazine groups is 1. The maximum absolute atomic E-state index is 5.79. The van der Waals surface area contributed by atoms with Gasteiger partial charge in [0.2, 0.25) is 5.95 Å². The largest absolute Gasteiger partial charge is 0.493 e. The van der Waals surface area contributed by atoms with Crippen LogP contribution in [0.2, 0.25) is 0 Å². The third-order valence-corrected chi connectivity index (χ3v) is 3.91. The second kappa shape index (κ2) is 6.28. The maximum atomic E-state index is 5.79. The highest BCUT2D eigenvalue weighted by Gasteiger charge is 2.29. The fourth-order valence-corrected chi connectivity index (χ4v) is 2.85. The first kappa shape index (κ1) is 15.9. The summed E-state index contributed by atoms with van der Waals surface area (Å²) < 4.78 is 10.6. The summed E-state index contributed by atoms with van der Waals surface area (Å²) in [6.07, 6.45) is 0. The number of ether oxygens (including phenoxy) is 2. The van der Waals surface area contributed by atoms with Crippen LogP contribution in [0.4, 0.5) is 23.3 Å². The molecule has 9 heteroatoms. The third kappa shape index (κ3) is 2.69. The SMILES string of the molecule is COc1ccc(CN2CN(C)c3c(NN)nc(N)nc32)cc1OC. The number of anilines is 4. The average Bonchev–Trinajstić information content (AvgIpc) is 2.89. The third-order valence-electron chi connectivity index (χ3n) is 3.91. The van der Waals surface area contributed by atoms with Gasteiger partial charge in [0, 0.05) is 13.6 Å². The van der Waals surface area contributed by atoms with Crippen LogP contribution in [0.3, 0.4) is 0 Å². The minimum atomic E-state index is 0.175. The van der Waals surface area contributed by atoms with Crippen molar-refractivity contribution in [2.75, 3.05) is 48.9 Å². The summed E-state index contributed by atoms with van der Waals surface area (Å²) >= 11 is 0. The van der Waals surface area contributed by atoms with E-state index >= 15 is 0 Å². The summed E-state index contributed by atoms with van der Waals surface area (Å²) in [4.78, 5) is 12.6. The monoisotopic (exact) mass is 331 g/mol. The molecule has 9 nitrogen and oxygen atoms in total. The molecule has 0 radical (unpaired) electrons. The smallest absolute Gasteiger partial charge is 0.224 e. The van der Waals surface area contributed by atoms with Crippen LogP contribution in [0.5, 0.6) is 11.5 Å². The molecule has 0 amide bonds. The van der Waals surface area contributed by atoms with Crippen molar-refractivity contribution in [3.05, 3.63) is 23.8 Å². The van der Waals surface area contributed by atoms with Crippen LogP contribution in [-0.2, 0) is 6.54 Å². The van der Waals surface area contributed by atoms with Gasteiger partial charge in [-0.2, -0.15) is 9.97 Å². The second-order valence-electron chi connectivity index (χ2n) is 5.47. The highest BCUT2D eigenvalue weighted by atomic mass is 16.5. The van der Waals surface area contributed by atoms with Crippen molar-refractivity contribution in [1.29, 1.82) is 0 Å². The molecule has 2 heterocycles. The van der Waals surface area contributed by atoms with Crippen LogP contribution in [0.25, 0.3) is 0 Å². The normalized spacial score (nSPS) is 13.0. The Labute approximate surface area is 140 Å². The van der Waals surface area contributed by atoms with Crippen molar-refractivity contribution in [2.24, 2.45) is 5.84 Å². The second-order valence-corrected chi connectivity index (χ2v) is 5.47. The van der Waals surface area contributed by atoms with Crippen molar-refractivity contribution >= 4 is 23.3 Å². The maximum Gasteiger partial charge on any atom is 0.224 e. The van der Waals surface area contributed by atoms with Crippen LogP contribution in [0.15, 0.2) is 18.2 Å². The summed E-state index contributed by atoms with van der Waals surface area (Å²) in [5, 5.41) is 0. The molecule has 5 N–H and O–H groups in total. The molecule has 0 unspecified atom stereocenters. The molecule has 1 aliphatic heterocycles. The Balaban J connectivity index is 1.93. The molecule has 0 saturated heterocycles. The van der Waals surface area contributed by atoms with Gasteiger partial charge in [0.25, 0.3) is 0 Å². The first-order valence-corrected chi connectivity index (χ1v) is 7.38. The van der Waals surface area contributed by atoms with E-state index in [0.29, 0.717) is 30.5 Å². The van der Waals surface area contributed by atoms with E-state index < -0.39 is 0 Å². The summed E-state index contributed by atoms with van der Waals surface area (Å²) in [7, 11) is 5.19. The zero-order valence-corrected chi connectivity index (χ0v) is 13.9. The molecule has 3 rings (SSSR count). The van der Waals surface area contributed by atoms with Gasteiger partial charge in [-0.3, -0.25) is 0 Å². The number of nitrogen functional groups attached to an aromatic ring is 2. The molecular weight excluding hydrogens is 310 g/mol. The highest BCUT2D eigenvalue weighted by molar-refractivity contribution is 5.83. The number of nitrogens with zero attached hydrogens (tertiary/aromatic N) is 4. The number of rotatable bonds is 5. The molecule has 1 aliphatic rings.